The molecule has 138 valence electrons. The largest absolute Gasteiger partial charge is 0.486 e. The number of hydrogen-bond acceptors (Lipinski definition) is 7. The fourth-order valence-electron chi connectivity index (χ4n) is 3.53. The molecule has 0 saturated carbocycles. The van der Waals surface area contributed by atoms with Gasteiger partial charge in [0.25, 0.3) is 0 Å². The second-order valence-corrected chi connectivity index (χ2v) is 7.25. The number of hydrogen-bond donors (Lipinski definition) is 0. The van der Waals surface area contributed by atoms with E-state index in [-0.39, 0.29) is 5.97 Å². The fourth-order valence-corrected chi connectivity index (χ4v) is 4.23. The van der Waals surface area contributed by atoms with Crippen LogP contribution in [0.25, 0.3) is 0 Å². The SMILES string of the molecule is CCOC(=O)c1nc(CN2CCC[C@@H]2c2ccc3c(c2)OCCO3)cs1. The van der Waals surface area contributed by atoms with Crippen molar-refractivity contribution < 1.29 is 19.0 Å². The molecule has 1 atom stereocenters. The summed E-state index contributed by atoms with van der Waals surface area (Å²) in [5.41, 5.74) is 2.16. The molecule has 0 bridgehead atoms. The van der Waals surface area contributed by atoms with Crippen molar-refractivity contribution >= 4 is 17.3 Å². The number of aromatic nitrogens is 1. The monoisotopic (exact) mass is 374 g/mol. The molecule has 2 aliphatic heterocycles. The van der Waals surface area contributed by atoms with E-state index in [1.165, 1.54) is 16.9 Å². The Morgan fingerprint density at radius 3 is 3.04 bits per heavy atom. The first kappa shape index (κ1) is 17.3. The molecule has 26 heavy (non-hydrogen) atoms. The Balaban J connectivity index is 1.48. The Bertz CT molecular complexity index is 792. The van der Waals surface area contributed by atoms with Crippen molar-refractivity contribution in [3.8, 4) is 11.5 Å². The van der Waals surface area contributed by atoms with Gasteiger partial charge in [0, 0.05) is 18.0 Å². The van der Waals surface area contributed by atoms with Gasteiger partial charge in [-0.2, -0.15) is 0 Å². The lowest BCUT2D eigenvalue weighted by atomic mass is 10.0. The van der Waals surface area contributed by atoms with E-state index < -0.39 is 0 Å². The van der Waals surface area contributed by atoms with Gasteiger partial charge in [0.15, 0.2) is 11.5 Å². The van der Waals surface area contributed by atoms with E-state index in [0.717, 1.165) is 43.1 Å². The molecule has 1 saturated heterocycles. The third-order valence-corrected chi connectivity index (χ3v) is 5.55. The van der Waals surface area contributed by atoms with Crippen molar-refractivity contribution in [3.63, 3.8) is 0 Å². The van der Waals surface area contributed by atoms with Gasteiger partial charge in [0.1, 0.15) is 13.2 Å². The molecule has 3 heterocycles. The fraction of sp³-hybridized carbons (Fsp3) is 0.474. The molecule has 4 rings (SSSR count). The summed E-state index contributed by atoms with van der Waals surface area (Å²) in [6, 6.07) is 6.56. The van der Waals surface area contributed by atoms with E-state index >= 15 is 0 Å². The van der Waals surface area contributed by atoms with E-state index in [4.69, 9.17) is 14.2 Å². The van der Waals surface area contributed by atoms with Crippen LogP contribution in [0.4, 0.5) is 0 Å². The first-order valence-corrected chi connectivity index (χ1v) is 9.87. The number of nitrogens with zero attached hydrogens (tertiary/aromatic N) is 2. The van der Waals surface area contributed by atoms with E-state index in [1.54, 1.807) is 6.92 Å². The number of esters is 1. The number of carbonyl (C=O) groups excluding carboxylic acids is 1. The van der Waals surface area contributed by atoms with Crippen molar-refractivity contribution in [2.75, 3.05) is 26.4 Å². The second-order valence-electron chi connectivity index (χ2n) is 6.40. The van der Waals surface area contributed by atoms with Crippen LogP contribution in [0.2, 0.25) is 0 Å². The quantitative estimate of drug-likeness (QED) is 0.748. The Hall–Kier alpha value is -2.12. The van der Waals surface area contributed by atoms with E-state index in [2.05, 4.69) is 22.0 Å². The molecule has 1 aromatic carbocycles. The molecular weight excluding hydrogens is 352 g/mol. The molecule has 0 unspecified atom stereocenters. The first-order valence-electron chi connectivity index (χ1n) is 8.99. The average molecular weight is 374 g/mol. The predicted molar refractivity (Wildman–Crippen MR) is 97.9 cm³/mol. The second kappa shape index (κ2) is 7.63. The van der Waals surface area contributed by atoms with Crippen LogP contribution < -0.4 is 9.47 Å². The number of benzene rings is 1. The summed E-state index contributed by atoms with van der Waals surface area (Å²) in [7, 11) is 0. The van der Waals surface area contributed by atoms with Gasteiger partial charge in [-0.1, -0.05) is 6.07 Å². The normalized spacial score (nSPS) is 19.5. The number of ether oxygens (including phenoxy) is 3. The highest BCUT2D eigenvalue weighted by atomic mass is 32.1. The number of rotatable bonds is 5. The molecule has 0 spiro atoms. The number of carbonyl (C=O) groups is 1. The summed E-state index contributed by atoms with van der Waals surface area (Å²) >= 11 is 1.35. The molecule has 2 aromatic rings. The van der Waals surface area contributed by atoms with Crippen molar-refractivity contribution in [1.29, 1.82) is 0 Å². The zero-order valence-electron chi connectivity index (χ0n) is 14.8. The topological polar surface area (TPSA) is 60.9 Å². The molecule has 0 aliphatic carbocycles. The molecule has 1 aromatic heterocycles. The van der Waals surface area contributed by atoms with Crippen molar-refractivity contribution in [3.05, 3.63) is 39.8 Å². The van der Waals surface area contributed by atoms with E-state index in [9.17, 15) is 4.79 Å². The molecular formula is C19H22N2O4S. The van der Waals surface area contributed by atoms with E-state index in [0.29, 0.717) is 30.9 Å². The van der Waals surface area contributed by atoms with Crippen LogP contribution in [0.1, 0.15) is 46.9 Å². The van der Waals surface area contributed by atoms with E-state index in [1.807, 2.05) is 11.4 Å². The van der Waals surface area contributed by atoms with Crippen LogP contribution in [-0.4, -0.2) is 42.2 Å². The van der Waals surface area contributed by atoms with Crippen molar-refractivity contribution in [2.24, 2.45) is 0 Å². The molecule has 0 N–H and O–H groups in total. The summed E-state index contributed by atoms with van der Waals surface area (Å²) in [5.74, 6) is 1.32. The minimum atomic E-state index is -0.339. The minimum Gasteiger partial charge on any atom is -0.486 e. The van der Waals surface area contributed by atoms with Crippen molar-refractivity contribution in [1.82, 2.24) is 9.88 Å². The number of likely N-dealkylation sites (tertiary alicyclic amines) is 1. The maximum Gasteiger partial charge on any atom is 0.367 e. The summed E-state index contributed by atoms with van der Waals surface area (Å²) in [6.07, 6.45) is 2.25. The van der Waals surface area contributed by atoms with Crippen LogP contribution in [-0.2, 0) is 11.3 Å². The van der Waals surface area contributed by atoms with Crippen LogP contribution in [0.5, 0.6) is 11.5 Å². The standard InChI is InChI=1S/C19H22N2O4S/c1-2-23-19(22)18-20-14(12-26-18)11-21-7-3-4-15(21)13-5-6-16-17(10-13)25-9-8-24-16/h5-6,10,12,15H,2-4,7-9,11H2,1H3/t15-/m1/s1. The average Bonchev–Trinajstić information content (AvgIpc) is 3.31. The highest BCUT2D eigenvalue weighted by molar-refractivity contribution is 7.11. The maximum atomic E-state index is 11.8. The molecule has 0 amide bonds. The maximum absolute atomic E-state index is 11.8. The Morgan fingerprint density at radius 1 is 1.35 bits per heavy atom. The minimum absolute atomic E-state index is 0.332. The van der Waals surface area contributed by atoms with Gasteiger partial charge < -0.3 is 14.2 Å². The zero-order valence-corrected chi connectivity index (χ0v) is 15.6. The van der Waals surface area contributed by atoms with Gasteiger partial charge >= 0.3 is 5.97 Å². The molecule has 1 fully saturated rings. The smallest absolute Gasteiger partial charge is 0.367 e. The lowest BCUT2D eigenvalue weighted by molar-refractivity contribution is 0.0525. The lowest BCUT2D eigenvalue weighted by Gasteiger charge is -2.26. The van der Waals surface area contributed by atoms with Gasteiger partial charge in [0.2, 0.25) is 5.01 Å². The zero-order chi connectivity index (χ0) is 17.9. The van der Waals surface area contributed by atoms with Crippen LogP contribution in [0.15, 0.2) is 23.6 Å². The molecule has 7 heteroatoms. The summed E-state index contributed by atoms with van der Waals surface area (Å²) in [5, 5.41) is 2.38. The third-order valence-electron chi connectivity index (χ3n) is 4.68. The Kier molecular flexibility index (Phi) is 5.08. The highest BCUT2D eigenvalue weighted by Crippen LogP contribution is 2.38. The van der Waals surface area contributed by atoms with Gasteiger partial charge in [-0.25, -0.2) is 9.78 Å². The van der Waals surface area contributed by atoms with Gasteiger partial charge in [-0.05, 0) is 44.0 Å². The predicted octanol–water partition coefficient (Wildman–Crippen LogP) is 3.43. The Labute approximate surface area is 156 Å². The van der Waals surface area contributed by atoms with Gasteiger partial charge in [-0.15, -0.1) is 11.3 Å². The summed E-state index contributed by atoms with van der Waals surface area (Å²) in [6.45, 7) is 5.12. The third kappa shape index (κ3) is 3.54. The van der Waals surface area contributed by atoms with Crippen LogP contribution >= 0.6 is 11.3 Å². The molecule has 6 nitrogen and oxygen atoms in total. The van der Waals surface area contributed by atoms with Crippen molar-refractivity contribution in [2.45, 2.75) is 32.4 Å². The lowest BCUT2D eigenvalue weighted by Crippen LogP contribution is -2.23. The highest BCUT2D eigenvalue weighted by Gasteiger charge is 2.28. The summed E-state index contributed by atoms with van der Waals surface area (Å²) < 4.78 is 16.4. The first-order chi connectivity index (χ1) is 12.7. The molecule has 0 radical (unpaired) electrons. The molecule has 2 aliphatic rings. The number of thiazole rings is 1. The number of fused-ring (bicyclic) bond motifs is 1. The van der Waals surface area contributed by atoms with Gasteiger partial charge in [0.05, 0.1) is 12.3 Å². The summed E-state index contributed by atoms with van der Waals surface area (Å²) in [4.78, 5) is 18.7. The van der Waals surface area contributed by atoms with Crippen LogP contribution in [0.3, 0.4) is 0 Å². The van der Waals surface area contributed by atoms with Gasteiger partial charge in [-0.3, -0.25) is 4.90 Å². The Morgan fingerprint density at radius 2 is 2.19 bits per heavy atom. The van der Waals surface area contributed by atoms with Crippen LogP contribution in [0, 0.1) is 0 Å².